The van der Waals surface area contributed by atoms with Gasteiger partial charge >= 0.3 is 0 Å². The molecule has 0 spiro atoms. The highest BCUT2D eigenvalue weighted by molar-refractivity contribution is 5.85. The average Bonchev–Trinajstić information content (AvgIpc) is 2.42. The standard InChI is InChI=1S/C14H27N3O2.ClH/c1-11(2)14(19)17-10-9-16-13(18)4-3-12-5-7-15-8-6-12;/h11-12,15H,3-10H2,1-2H3,(H,16,18)(H,17,19);1H. The smallest absolute Gasteiger partial charge is 0.222 e. The monoisotopic (exact) mass is 305 g/mol. The van der Waals surface area contributed by atoms with E-state index in [1.165, 1.54) is 12.8 Å². The van der Waals surface area contributed by atoms with Gasteiger partial charge in [-0.2, -0.15) is 0 Å². The minimum absolute atomic E-state index is 0. The predicted molar refractivity (Wildman–Crippen MR) is 82.9 cm³/mol. The van der Waals surface area contributed by atoms with Crippen molar-refractivity contribution in [3.05, 3.63) is 0 Å². The Kier molecular flexibility index (Phi) is 10.5. The molecule has 0 aliphatic carbocycles. The van der Waals surface area contributed by atoms with Crippen LogP contribution >= 0.6 is 12.4 Å². The van der Waals surface area contributed by atoms with Crippen molar-refractivity contribution < 1.29 is 9.59 Å². The summed E-state index contributed by atoms with van der Waals surface area (Å²) < 4.78 is 0. The Balaban J connectivity index is 0.00000361. The maximum absolute atomic E-state index is 11.6. The first-order valence-corrected chi connectivity index (χ1v) is 7.34. The largest absolute Gasteiger partial charge is 0.354 e. The highest BCUT2D eigenvalue weighted by Gasteiger charge is 2.14. The summed E-state index contributed by atoms with van der Waals surface area (Å²) in [5, 5.41) is 8.95. The Morgan fingerprint density at radius 2 is 1.75 bits per heavy atom. The molecule has 3 N–H and O–H groups in total. The molecule has 0 saturated carbocycles. The number of hydrogen-bond acceptors (Lipinski definition) is 3. The summed E-state index contributed by atoms with van der Waals surface area (Å²) in [7, 11) is 0. The van der Waals surface area contributed by atoms with E-state index in [0.29, 0.717) is 25.4 Å². The summed E-state index contributed by atoms with van der Waals surface area (Å²) >= 11 is 0. The minimum atomic E-state index is -0.00406. The van der Waals surface area contributed by atoms with Gasteiger partial charge < -0.3 is 16.0 Å². The van der Waals surface area contributed by atoms with Crippen LogP contribution in [0.5, 0.6) is 0 Å². The van der Waals surface area contributed by atoms with Crippen molar-refractivity contribution in [1.82, 2.24) is 16.0 Å². The van der Waals surface area contributed by atoms with Crippen molar-refractivity contribution in [1.29, 1.82) is 0 Å². The maximum Gasteiger partial charge on any atom is 0.222 e. The molecule has 0 bridgehead atoms. The summed E-state index contributed by atoms with van der Waals surface area (Å²) in [6.45, 7) is 6.89. The number of carbonyl (C=O) groups excluding carboxylic acids is 2. The van der Waals surface area contributed by atoms with Crippen molar-refractivity contribution in [2.75, 3.05) is 26.2 Å². The van der Waals surface area contributed by atoms with Gasteiger partial charge in [0, 0.05) is 25.4 Å². The van der Waals surface area contributed by atoms with Crippen LogP contribution in [0, 0.1) is 11.8 Å². The van der Waals surface area contributed by atoms with E-state index in [1.54, 1.807) is 0 Å². The molecular weight excluding hydrogens is 278 g/mol. The van der Waals surface area contributed by atoms with E-state index in [9.17, 15) is 9.59 Å². The fourth-order valence-corrected chi connectivity index (χ4v) is 2.19. The fourth-order valence-electron chi connectivity index (χ4n) is 2.19. The van der Waals surface area contributed by atoms with Crippen LogP contribution < -0.4 is 16.0 Å². The molecule has 0 unspecified atom stereocenters. The van der Waals surface area contributed by atoms with Gasteiger partial charge in [-0.1, -0.05) is 13.8 Å². The second kappa shape index (κ2) is 10.9. The molecule has 0 aromatic heterocycles. The molecule has 1 fully saturated rings. The molecule has 0 atom stereocenters. The van der Waals surface area contributed by atoms with Crippen LogP contribution in [0.4, 0.5) is 0 Å². The normalized spacial score (nSPS) is 15.6. The second-order valence-electron chi connectivity index (χ2n) is 5.53. The Hall–Kier alpha value is -0.810. The fraction of sp³-hybridized carbons (Fsp3) is 0.857. The van der Waals surface area contributed by atoms with Gasteiger partial charge in [-0.3, -0.25) is 9.59 Å². The van der Waals surface area contributed by atoms with E-state index in [4.69, 9.17) is 0 Å². The summed E-state index contributed by atoms with van der Waals surface area (Å²) in [6.07, 6.45) is 3.93. The zero-order valence-corrected chi connectivity index (χ0v) is 13.4. The first kappa shape index (κ1) is 19.2. The topological polar surface area (TPSA) is 70.2 Å². The van der Waals surface area contributed by atoms with Gasteiger partial charge in [0.1, 0.15) is 0 Å². The van der Waals surface area contributed by atoms with Crippen LogP contribution in [0.25, 0.3) is 0 Å². The molecule has 1 heterocycles. The highest BCUT2D eigenvalue weighted by Crippen LogP contribution is 2.17. The quantitative estimate of drug-likeness (QED) is 0.616. The molecule has 2 amide bonds. The third-order valence-corrected chi connectivity index (χ3v) is 3.51. The summed E-state index contributed by atoms with van der Waals surface area (Å²) in [4.78, 5) is 22.9. The minimum Gasteiger partial charge on any atom is -0.354 e. The lowest BCUT2D eigenvalue weighted by molar-refractivity contribution is -0.124. The molecule has 0 aromatic carbocycles. The second-order valence-corrected chi connectivity index (χ2v) is 5.53. The molecule has 1 rings (SSSR count). The van der Waals surface area contributed by atoms with Crippen LogP contribution in [-0.4, -0.2) is 38.0 Å². The highest BCUT2D eigenvalue weighted by atomic mass is 35.5. The molecule has 0 radical (unpaired) electrons. The predicted octanol–water partition coefficient (Wildman–Crippen LogP) is 1.08. The third-order valence-electron chi connectivity index (χ3n) is 3.51. The summed E-state index contributed by atoms with van der Waals surface area (Å²) in [6, 6.07) is 0. The lowest BCUT2D eigenvalue weighted by Crippen LogP contribution is -2.36. The Labute approximate surface area is 128 Å². The number of carbonyl (C=O) groups is 2. The number of rotatable bonds is 7. The van der Waals surface area contributed by atoms with Crippen LogP contribution in [0.1, 0.15) is 39.5 Å². The first-order chi connectivity index (χ1) is 9.09. The third kappa shape index (κ3) is 8.38. The van der Waals surface area contributed by atoms with Crippen LogP contribution in [0.15, 0.2) is 0 Å². The number of piperidine rings is 1. The Morgan fingerprint density at radius 1 is 1.15 bits per heavy atom. The van der Waals surface area contributed by atoms with Crippen molar-refractivity contribution in [2.45, 2.75) is 39.5 Å². The Morgan fingerprint density at radius 3 is 2.35 bits per heavy atom. The molecule has 1 aliphatic heterocycles. The average molecular weight is 306 g/mol. The summed E-state index contributed by atoms with van der Waals surface area (Å²) in [5.74, 6) is 0.810. The SMILES string of the molecule is CC(C)C(=O)NCCNC(=O)CCC1CCNCC1.Cl. The number of halogens is 1. The van der Waals surface area contributed by atoms with Gasteiger partial charge in [0.2, 0.25) is 11.8 Å². The van der Waals surface area contributed by atoms with Gasteiger partial charge in [-0.15, -0.1) is 12.4 Å². The Bertz CT molecular complexity index is 292. The molecule has 20 heavy (non-hydrogen) atoms. The van der Waals surface area contributed by atoms with Gasteiger partial charge in [-0.25, -0.2) is 0 Å². The van der Waals surface area contributed by atoms with Gasteiger partial charge in [-0.05, 0) is 38.3 Å². The van der Waals surface area contributed by atoms with Crippen LogP contribution in [0.2, 0.25) is 0 Å². The van der Waals surface area contributed by atoms with Gasteiger partial charge in [0.05, 0.1) is 0 Å². The lowest BCUT2D eigenvalue weighted by Gasteiger charge is -2.22. The lowest BCUT2D eigenvalue weighted by atomic mass is 9.93. The van der Waals surface area contributed by atoms with E-state index >= 15 is 0 Å². The number of hydrogen-bond donors (Lipinski definition) is 3. The van der Waals surface area contributed by atoms with E-state index in [2.05, 4.69) is 16.0 Å². The van der Waals surface area contributed by atoms with Crippen molar-refractivity contribution in [3.8, 4) is 0 Å². The number of nitrogens with one attached hydrogen (secondary N) is 3. The van der Waals surface area contributed by atoms with E-state index < -0.39 is 0 Å². The van der Waals surface area contributed by atoms with Crippen molar-refractivity contribution in [3.63, 3.8) is 0 Å². The zero-order valence-electron chi connectivity index (χ0n) is 12.5. The molecule has 118 valence electrons. The van der Waals surface area contributed by atoms with E-state index in [-0.39, 0.29) is 30.1 Å². The van der Waals surface area contributed by atoms with Crippen LogP contribution in [0.3, 0.4) is 0 Å². The molecule has 0 aromatic rings. The molecule has 1 saturated heterocycles. The molecule has 5 nitrogen and oxygen atoms in total. The van der Waals surface area contributed by atoms with E-state index in [0.717, 1.165) is 19.5 Å². The van der Waals surface area contributed by atoms with E-state index in [1.807, 2.05) is 13.8 Å². The van der Waals surface area contributed by atoms with Gasteiger partial charge in [0.15, 0.2) is 0 Å². The van der Waals surface area contributed by atoms with Gasteiger partial charge in [0.25, 0.3) is 0 Å². The zero-order chi connectivity index (χ0) is 14.1. The maximum atomic E-state index is 11.6. The van der Waals surface area contributed by atoms with Crippen LogP contribution in [-0.2, 0) is 9.59 Å². The number of amides is 2. The summed E-state index contributed by atoms with van der Waals surface area (Å²) in [5.41, 5.74) is 0. The molecule has 6 heteroatoms. The molecule has 1 aliphatic rings. The van der Waals surface area contributed by atoms with Crippen molar-refractivity contribution in [2.24, 2.45) is 11.8 Å². The first-order valence-electron chi connectivity index (χ1n) is 7.34. The molecular formula is C14H28ClN3O2. The van der Waals surface area contributed by atoms with Crippen molar-refractivity contribution >= 4 is 24.2 Å².